The van der Waals surface area contributed by atoms with E-state index in [0.29, 0.717) is 12.2 Å². The predicted octanol–water partition coefficient (Wildman–Crippen LogP) is 4.27. The van der Waals surface area contributed by atoms with Gasteiger partial charge in [-0.25, -0.2) is 0 Å². The first-order valence-electron chi connectivity index (χ1n) is 10.7. The lowest BCUT2D eigenvalue weighted by Gasteiger charge is -2.08. The summed E-state index contributed by atoms with van der Waals surface area (Å²) in [5.74, 6) is -0.371. The molecule has 0 saturated heterocycles. The van der Waals surface area contributed by atoms with E-state index in [1.165, 1.54) is 0 Å². The molecule has 2 amide bonds. The van der Waals surface area contributed by atoms with E-state index in [0.717, 1.165) is 29.5 Å². The van der Waals surface area contributed by atoms with E-state index < -0.39 is 0 Å². The molecule has 0 radical (unpaired) electrons. The normalized spacial score (nSPS) is 10.9. The topological polar surface area (TPSA) is 76.7 Å². The molecule has 2 aromatic rings. The lowest BCUT2D eigenvalue weighted by molar-refractivity contribution is -0.127. The maximum atomic E-state index is 12.0. The Morgan fingerprint density at radius 1 is 0.871 bits per heavy atom. The molecule has 0 aromatic heterocycles. The van der Waals surface area contributed by atoms with Gasteiger partial charge in [-0.05, 0) is 42.2 Å². The van der Waals surface area contributed by atoms with Gasteiger partial charge in [-0.3, -0.25) is 9.59 Å². The first-order valence-corrected chi connectivity index (χ1v) is 10.7. The Morgan fingerprint density at radius 2 is 1.45 bits per heavy atom. The Balaban J connectivity index is 1.64. The lowest BCUT2D eigenvalue weighted by Crippen LogP contribution is -2.29. The van der Waals surface area contributed by atoms with Crippen molar-refractivity contribution < 1.29 is 19.1 Å². The Kier molecular flexibility index (Phi) is 11.1. The summed E-state index contributed by atoms with van der Waals surface area (Å²) in [6.45, 7) is 5.17. The standard InChI is InChI=1S/C25H32N2O4/c1-3-5-15-26-24(28)18-30-16-17-31-19-25(29)27-23-13-11-22(12-14-23)21-9-7-20(6-4-2)8-10-21/h4,6-14H,3,5,15-19H2,1-2H3,(H,26,28)(H,27,29). The number of carbonyl (C=O) groups excluding carboxylic acids is 2. The van der Waals surface area contributed by atoms with Crippen molar-refractivity contribution in [3.8, 4) is 11.1 Å². The molecular weight excluding hydrogens is 392 g/mol. The van der Waals surface area contributed by atoms with Gasteiger partial charge in [0, 0.05) is 12.2 Å². The number of ether oxygens (including phenoxy) is 2. The minimum Gasteiger partial charge on any atom is -0.369 e. The average molecular weight is 425 g/mol. The fourth-order valence-electron chi connectivity index (χ4n) is 2.83. The third-order valence-corrected chi connectivity index (χ3v) is 4.46. The summed E-state index contributed by atoms with van der Waals surface area (Å²) in [4.78, 5) is 23.5. The van der Waals surface area contributed by atoms with Crippen LogP contribution in [-0.4, -0.2) is 44.8 Å². The summed E-state index contributed by atoms with van der Waals surface area (Å²) in [6.07, 6.45) is 6.06. The van der Waals surface area contributed by atoms with E-state index >= 15 is 0 Å². The van der Waals surface area contributed by atoms with Gasteiger partial charge in [0.2, 0.25) is 11.8 Å². The van der Waals surface area contributed by atoms with Crippen molar-refractivity contribution in [2.75, 3.05) is 38.3 Å². The predicted molar refractivity (Wildman–Crippen MR) is 125 cm³/mol. The summed E-state index contributed by atoms with van der Waals surface area (Å²) in [6, 6.07) is 16.0. The van der Waals surface area contributed by atoms with Crippen LogP contribution in [-0.2, 0) is 19.1 Å². The number of hydrogen-bond acceptors (Lipinski definition) is 4. The van der Waals surface area contributed by atoms with Gasteiger partial charge in [-0.2, -0.15) is 0 Å². The molecule has 0 saturated carbocycles. The van der Waals surface area contributed by atoms with Crippen molar-refractivity contribution in [1.29, 1.82) is 0 Å². The Labute approximate surface area is 184 Å². The summed E-state index contributed by atoms with van der Waals surface area (Å²) in [5, 5.41) is 5.58. The minimum absolute atomic E-state index is 0.00362. The molecule has 2 rings (SSSR count). The number of benzene rings is 2. The van der Waals surface area contributed by atoms with Gasteiger partial charge in [0.1, 0.15) is 13.2 Å². The fourth-order valence-corrected chi connectivity index (χ4v) is 2.83. The second-order valence-electron chi connectivity index (χ2n) is 7.06. The number of allylic oxidation sites excluding steroid dienone is 1. The van der Waals surface area contributed by atoms with Crippen molar-refractivity contribution in [2.24, 2.45) is 0 Å². The zero-order valence-electron chi connectivity index (χ0n) is 18.4. The molecule has 0 fully saturated rings. The maximum absolute atomic E-state index is 12.0. The van der Waals surface area contributed by atoms with E-state index in [4.69, 9.17) is 9.47 Å². The van der Waals surface area contributed by atoms with Crippen molar-refractivity contribution in [3.05, 3.63) is 60.2 Å². The van der Waals surface area contributed by atoms with E-state index in [1.54, 1.807) is 0 Å². The van der Waals surface area contributed by atoms with E-state index in [-0.39, 0.29) is 38.2 Å². The second-order valence-corrected chi connectivity index (χ2v) is 7.06. The van der Waals surface area contributed by atoms with Crippen LogP contribution in [0.25, 0.3) is 17.2 Å². The van der Waals surface area contributed by atoms with Crippen LogP contribution in [0, 0.1) is 0 Å². The smallest absolute Gasteiger partial charge is 0.250 e. The lowest BCUT2D eigenvalue weighted by atomic mass is 10.0. The van der Waals surface area contributed by atoms with E-state index in [1.807, 2.05) is 37.3 Å². The number of anilines is 1. The number of hydrogen-bond donors (Lipinski definition) is 2. The molecular formula is C25H32N2O4. The number of rotatable bonds is 13. The van der Waals surface area contributed by atoms with E-state index in [2.05, 4.69) is 47.9 Å². The molecule has 0 aliphatic carbocycles. The average Bonchev–Trinajstić information content (AvgIpc) is 2.78. The molecule has 2 aromatic carbocycles. The van der Waals surface area contributed by atoms with Crippen molar-refractivity contribution in [1.82, 2.24) is 5.32 Å². The van der Waals surface area contributed by atoms with Crippen molar-refractivity contribution in [3.63, 3.8) is 0 Å². The molecule has 0 atom stereocenters. The van der Waals surface area contributed by atoms with Crippen LogP contribution in [0.3, 0.4) is 0 Å². The van der Waals surface area contributed by atoms with Crippen LogP contribution >= 0.6 is 0 Å². The summed E-state index contributed by atoms with van der Waals surface area (Å²) >= 11 is 0. The summed E-state index contributed by atoms with van der Waals surface area (Å²) in [5.41, 5.74) is 4.07. The fraction of sp³-hybridized carbons (Fsp3) is 0.360. The third-order valence-electron chi connectivity index (χ3n) is 4.46. The number of nitrogens with one attached hydrogen (secondary N) is 2. The number of carbonyl (C=O) groups is 2. The van der Waals surface area contributed by atoms with Crippen LogP contribution in [0.15, 0.2) is 54.6 Å². The quantitative estimate of drug-likeness (QED) is 0.471. The van der Waals surface area contributed by atoms with Crippen molar-refractivity contribution in [2.45, 2.75) is 26.7 Å². The van der Waals surface area contributed by atoms with Gasteiger partial charge in [0.05, 0.1) is 13.2 Å². The molecule has 2 N–H and O–H groups in total. The van der Waals surface area contributed by atoms with Crippen LogP contribution in [0.1, 0.15) is 32.3 Å². The highest BCUT2D eigenvalue weighted by Gasteiger charge is 2.05. The van der Waals surface area contributed by atoms with Gasteiger partial charge in [0.15, 0.2) is 0 Å². The number of unbranched alkanes of at least 4 members (excludes halogenated alkanes) is 1. The SMILES string of the molecule is CC=Cc1ccc(-c2ccc(NC(=O)COCCOCC(=O)NCCCC)cc2)cc1. The zero-order valence-corrected chi connectivity index (χ0v) is 18.4. The van der Waals surface area contributed by atoms with Gasteiger partial charge in [0.25, 0.3) is 0 Å². The highest BCUT2D eigenvalue weighted by molar-refractivity contribution is 5.92. The summed E-state index contributed by atoms with van der Waals surface area (Å²) < 4.78 is 10.5. The summed E-state index contributed by atoms with van der Waals surface area (Å²) in [7, 11) is 0. The second kappa shape index (κ2) is 14.1. The zero-order chi connectivity index (χ0) is 22.3. The Bertz CT molecular complexity index is 830. The van der Waals surface area contributed by atoms with Crippen LogP contribution in [0.5, 0.6) is 0 Å². The molecule has 0 aliphatic heterocycles. The Hall–Kier alpha value is -2.96. The third kappa shape index (κ3) is 9.59. The highest BCUT2D eigenvalue weighted by atomic mass is 16.5. The van der Waals surface area contributed by atoms with Gasteiger partial charge in [-0.15, -0.1) is 0 Å². The monoisotopic (exact) mass is 424 g/mol. The highest BCUT2D eigenvalue weighted by Crippen LogP contribution is 2.22. The van der Waals surface area contributed by atoms with Gasteiger partial charge < -0.3 is 20.1 Å². The molecule has 6 nitrogen and oxygen atoms in total. The molecule has 31 heavy (non-hydrogen) atoms. The maximum Gasteiger partial charge on any atom is 0.250 e. The van der Waals surface area contributed by atoms with Crippen LogP contribution in [0.4, 0.5) is 5.69 Å². The molecule has 0 unspecified atom stereocenters. The van der Waals surface area contributed by atoms with Crippen LogP contribution < -0.4 is 10.6 Å². The molecule has 0 spiro atoms. The first kappa shape index (κ1) is 24.3. The molecule has 166 valence electrons. The molecule has 0 bridgehead atoms. The van der Waals surface area contributed by atoms with E-state index in [9.17, 15) is 9.59 Å². The van der Waals surface area contributed by atoms with Crippen molar-refractivity contribution >= 4 is 23.6 Å². The molecule has 0 heterocycles. The molecule has 6 heteroatoms. The minimum atomic E-state index is -0.235. The van der Waals surface area contributed by atoms with Gasteiger partial charge in [-0.1, -0.05) is 61.9 Å². The Morgan fingerprint density at radius 3 is 2.03 bits per heavy atom. The largest absolute Gasteiger partial charge is 0.369 e. The molecule has 0 aliphatic rings. The van der Waals surface area contributed by atoms with Crippen LogP contribution in [0.2, 0.25) is 0 Å². The van der Waals surface area contributed by atoms with Gasteiger partial charge >= 0.3 is 0 Å². The first-order chi connectivity index (χ1) is 15.1. The number of amides is 2.